The molecule has 0 aliphatic carbocycles. The van der Waals surface area contributed by atoms with Crippen LogP contribution in [-0.2, 0) is 6.42 Å². The summed E-state index contributed by atoms with van der Waals surface area (Å²) in [6, 6.07) is 3.85. The highest BCUT2D eigenvalue weighted by Crippen LogP contribution is 2.15. The molecule has 14 heavy (non-hydrogen) atoms. The summed E-state index contributed by atoms with van der Waals surface area (Å²) in [4.78, 5) is 0. The molecular weight excluding hydrogens is 186 g/mol. The standard InChI is InChI=1S/C11H14F2O/c1-8(14)4-2-5-9-10(12)6-3-7-11(9)13/h3,6-8,14H,2,4-5H2,1H3. The molecule has 0 radical (unpaired) electrons. The summed E-state index contributed by atoms with van der Waals surface area (Å²) in [7, 11) is 0. The van der Waals surface area contributed by atoms with E-state index in [2.05, 4.69) is 0 Å². The number of rotatable bonds is 4. The van der Waals surface area contributed by atoms with Crippen molar-refractivity contribution in [2.24, 2.45) is 0 Å². The van der Waals surface area contributed by atoms with E-state index in [9.17, 15) is 8.78 Å². The summed E-state index contributed by atoms with van der Waals surface area (Å²) in [6.07, 6.45) is 1.08. The summed E-state index contributed by atoms with van der Waals surface area (Å²) in [6.45, 7) is 1.66. The van der Waals surface area contributed by atoms with Crippen LogP contribution in [0.2, 0.25) is 0 Å². The van der Waals surface area contributed by atoms with Crippen molar-refractivity contribution >= 4 is 0 Å². The number of halogens is 2. The van der Waals surface area contributed by atoms with Crippen molar-refractivity contribution in [3.05, 3.63) is 35.4 Å². The summed E-state index contributed by atoms with van der Waals surface area (Å²) in [5.41, 5.74) is 0.119. The zero-order valence-electron chi connectivity index (χ0n) is 8.13. The molecular formula is C11H14F2O. The van der Waals surface area contributed by atoms with Crippen molar-refractivity contribution in [2.45, 2.75) is 32.3 Å². The number of aliphatic hydroxyl groups is 1. The highest BCUT2D eigenvalue weighted by atomic mass is 19.1. The van der Waals surface area contributed by atoms with Gasteiger partial charge in [-0.05, 0) is 38.3 Å². The van der Waals surface area contributed by atoms with Crippen molar-refractivity contribution in [2.75, 3.05) is 0 Å². The van der Waals surface area contributed by atoms with Gasteiger partial charge in [-0.3, -0.25) is 0 Å². The lowest BCUT2D eigenvalue weighted by Crippen LogP contribution is -2.02. The van der Waals surface area contributed by atoms with Gasteiger partial charge in [-0.15, -0.1) is 0 Å². The predicted octanol–water partition coefficient (Wildman–Crippen LogP) is 2.67. The lowest BCUT2D eigenvalue weighted by molar-refractivity contribution is 0.181. The van der Waals surface area contributed by atoms with E-state index >= 15 is 0 Å². The molecule has 0 heterocycles. The van der Waals surface area contributed by atoms with E-state index < -0.39 is 17.7 Å². The van der Waals surface area contributed by atoms with Crippen LogP contribution in [0, 0.1) is 11.6 Å². The molecule has 0 spiro atoms. The van der Waals surface area contributed by atoms with Crippen molar-refractivity contribution in [3.63, 3.8) is 0 Å². The first-order valence-corrected chi connectivity index (χ1v) is 4.72. The monoisotopic (exact) mass is 200 g/mol. The van der Waals surface area contributed by atoms with E-state index in [0.717, 1.165) is 0 Å². The maximum Gasteiger partial charge on any atom is 0.129 e. The third-order valence-electron chi connectivity index (χ3n) is 2.11. The van der Waals surface area contributed by atoms with Gasteiger partial charge >= 0.3 is 0 Å². The second-order valence-electron chi connectivity index (χ2n) is 3.44. The van der Waals surface area contributed by atoms with Crippen LogP contribution in [0.3, 0.4) is 0 Å². The molecule has 1 atom stereocenters. The minimum atomic E-state index is -0.504. The van der Waals surface area contributed by atoms with E-state index in [0.29, 0.717) is 19.3 Å². The first kappa shape index (κ1) is 11.1. The molecule has 1 aromatic rings. The van der Waals surface area contributed by atoms with Crippen LogP contribution in [0.25, 0.3) is 0 Å². The van der Waals surface area contributed by atoms with E-state index in [1.54, 1.807) is 6.92 Å². The third-order valence-corrected chi connectivity index (χ3v) is 2.11. The Bertz CT molecular complexity index is 277. The van der Waals surface area contributed by atoms with Gasteiger partial charge in [0.15, 0.2) is 0 Å². The summed E-state index contributed by atoms with van der Waals surface area (Å²) in [5.74, 6) is -1.01. The van der Waals surface area contributed by atoms with Crippen LogP contribution in [0.5, 0.6) is 0 Å². The van der Waals surface area contributed by atoms with Gasteiger partial charge in [0, 0.05) is 5.56 Å². The van der Waals surface area contributed by atoms with Crippen LogP contribution >= 0.6 is 0 Å². The Hall–Kier alpha value is -0.960. The molecule has 0 fully saturated rings. The van der Waals surface area contributed by atoms with Crippen molar-refractivity contribution < 1.29 is 13.9 Å². The maximum atomic E-state index is 13.1. The quantitative estimate of drug-likeness (QED) is 0.792. The zero-order valence-corrected chi connectivity index (χ0v) is 8.13. The average Bonchev–Trinajstić information content (AvgIpc) is 2.09. The first-order valence-electron chi connectivity index (χ1n) is 4.72. The van der Waals surface area contributed by atoms with Crippen molar-refractivity contribution in [3.8, 4) is 0 Å². The molecule has 0 bridgehead atoms. The summed E-state index contributed by atoms with van der Waals surface area (Å²) >= 11 is 0. The second-order valence-corrected chi connectivity index (χ2v) is 3.44. The highest BCUT2D eigenvalue weighted by molar-refractivity contribution is 5.19. The maximum absolute atomic E-state index is 13.1. The van der Waals surface area contributed by atoms with Gasteiger partial charge in [-0.1, -0.05) is 6.07 Å². The van der Waals surface area contributed by atoms with Crippen LogP contribution < -0.4 is 0 Å². The molecule has 0 aromatic heterocycles. The molecule has 1 rings (SSSR count). The molecule has 78 valence electrons. The fourth-order valence-electron chi connectivity index (χ4n) is 1.35. The Morgan fingerprint density at radius 1 is 1.29 bits per heavy atom. The molecule has 0 aliphatic rings. The zero-order chi connectivity index (χ0) is 10.6. The van der Waals surface area contributed by atoms with E-state index in [4.69, 9.17) is 5.11 Å². The Morgan fingerprint density at radius 2 is 1.86 bits per heavy atom. The van der Waals surface area contributed by atoms with Gasteiger partial charge in [0.05, 0.1) is 6.10 Å². The fraction of sp³-hybridized carbons (Fsp3) is 0.455. The van der Waals surface area contributed by atoms with Crippen LogP contribution in [0.4, 0.5) is 8.78 Å². The van der Waals surface area contributed by atoms with E-state index in [-0.39, 0.29) is 5.56 Å². The summed E-state index contributed by atoms with van der Waals surface area (Å²) < 4.78 is 26.1. The molecule has 3 heteroatoms. The first-order chi connectivity index (χ1) is 6.61. The molecule has 0 saturated carbocycles. The number of benzene rings is 1. The van der Waals surface area contributed by atoms with Gasteiger partial charge in [0.25, 0.3) is 0 Å². The van der Waals surface area contributed by atoms with Gasteiger partial charge in [-0.2, -0.15) is 0 Å². The average molecular weight is 200 g/mol. The van der Waals surface area contributed by atoms with Gasteiger partial charge in [-0.25, -0.2) is 8.78 Å². The molecule has 0 amide bonds. The summed E-state index contributed by atoms with van der Waals surface area (Å²) in [5, 5.41) is 8.98. The van der Waals surface area contributed by atoms with Crippen molar-refractivity contribution in [1.29, 1.82) is 0 Å². The Morgan fingerprint density at radius 3 is 2.36 bits per heavy atom. The number of aliphatic hydroxyl groups excluding tert-OH is 1. The molecule has 1 nitrogen and oxygen atoms in total. The highest BCUT2D eigenvalue weighted by Gasteiger charge is 2.07. The Labute approximate surface area is 82.4 Å². The van der Waals surface area contributed by atoms with Crippen molar-refractivity contribution in [1.82, 2.24) is 0 Å². The Balaban J connectivity index is 2.58. The number of hydrogen-bond donors (Lipinski definition) is 1. The third kappa shape index (κ3) is 3.07. The van der Waals surface area contributed by atoms with Gasteiger partial charge in [0.1, 0.15) is 11.6 Å². The normalized spacial score (nSPS) is 12.9. The Kier molecular flexibility index (Phi) is 4.01. The minimum Gasteiger partial charge on any atom is -0.393 e. The SMILES string of the molecule is CC(O)CCCc1c(F)cccc1F. The predicted molar refractivity (Wildman–Crippen MR) is 51.0 cm³/mol. The van der Waals surface area contributed by atoms with Gasteiger partial charge < -0.3 is 5.11 Å². The van der Waals surface area contributed by atoms with Gasteiger partial charge in [0.2, 0.25) is 0 Å². The van der Waals surface area contributed by atoms with Crippen LogP contribution in [0.15, 0.2) is 18.2 Å². The topological polar surface area (TPSA) is 20.2 Å². The minimum absolute atomic E-state index is 0.119. The molecule has 1 unspecified atom stereocenters. The molecule has 0 saturated heterocycles. The molecule has 1 aromatic carbocycles. The fourth-order valence-corrected chi connectivity index (χ4v) is 1.35. The lowest BCUT2D eigenvalue weighted by atomic mass is 10.1. The lowest BCUT2D eigenvalue weighted by Gasteiger charge is -2.06. The second kappa shape index (κ2) is 5.05. The van der Waals surface area contributed by atoms with Crippen LogP contribution in [-0.4, -0.2) is 11.2 Å². The number of hydrogen-bond acceptors (Lipinski definition) is 1. The largest absolute Gasteiger partial charge is 0.393 e. The molecule has 0 aliphatic heterocycles. The van der Waals surface area contributed by atoms with E-state index in [1.165, 1.54) is 18.2 Å². The van der Waals surface area contributed by atoms with Crippen LogP contribution in [0.1, 0.15) is 25.3 Å². The van der Waals surface area contributed by atoms with E-state index in [1.807, 2.05) is 0 Å². The smallest absolute Gasteiger partial charge is 0.129 e. The molecule has 1 N–H and O–H groups in total.